The van der Waals surface area contributed by atoms with Crippen molar-refractivity contribution in [3.63, 3.8) is 0 Å². The lowest BCUT2D eigenvalue weighted by atomic mass is 10.0. The number of hydrogen-bond acceptors (Lipinski definition) is 6. The number of para-hydroxylation sites is 1. The van der Waals surface area contributed by atoms with Crippen molar-refractivity contribution >= 4 is 17.3 Å². The predicted octanol–water partition coefficient (Wildman–Crippen LogP) is 3.37. The van der Waals surface area contributed by atoms with Gasteiger partial charge in [0.1, 0.15) is 0 Å². The Labute approximate surface area is 138 Å². The summed E-state index contributed by atoms with van der Waals surface area (Å²) in [7, 11) is 0. The minimum Gasteiger partial charge on any atom is -0.434 e. The molecule has 0 unspecified atom stereocenters. The second-order valence-electron chi connectivity index (χ2n) is 5.41. The summed E-state index contributed by atoms with van der Waals surface area (Å²) in [6.07, 6.45) is -0.255. The Morgan fingerprint density at radius 3 is 2.46 bits per heavy atom. The number of ether oxygens (including phenoxy) is 1. The molecule has 1 aliphatic rings. The maximum atomic E-state index is 11.2. The highest BCUT2D eigenvalue weighted by atomic mass is 16.8. The molecule has 0 N–H and O–H groups in total. The minimum atomic E-state index is -0.692. The molecule has 1 saturated heterocycles. The molecule has 1 fully saturated rings. The fraction of sp³-hybridized carbons (Fsp3) is 0.235. The molecular formula is C17H16N2O5. The zero-order valence-corrected chi connectivity index (χ0v) is 13.0. The van der Waals surface area contributed by atoms with Crippen LogP contribution in [0.1, 0.15) is 24.9 Å². The summed E-state index contributed by atoms with van der Waals surface area (Å²) in [5, 5.41) is 12.5. The lowest BCUT2D eigenvalue weighted by Gasteiger charge is -2.24. The summed E-state index contributed by atoms with van der Waals surface area (Å²) in [6, 6.07) is 15.5. The molecule has 1 heterocycles. The van der Waals surface area contributed by atoms with Gasteiger partial charge in [0.15, 0.2) is 0 Å². The van der Waals surface area contributed by atoms with E-state index in [0.717, 1.165) is 11.3 Å². The highest BCUT2D eigenvalue weighted by molar-refractivity contribution is 5.66. The first kappa shape index (κ1) is 15.9. The third-order valence-electron chi connectivity index (χ3n) is 3.73. The fourth-order valence-corrected chi connectivity index (χ4v) is 2.68. The van der Waals surface area contributed by atoms with Crippen molar-refractivity contribution in [1.29, 1.82) is 0 Å². The lowest BCUT2D eigenvalue weighted by molar-refractivity contribution is -0.384. The van der Waals surface area contributed by atoms with E-state index in [1.807, 2.05) is 30.3 Å². The average Bonchev–Trinajstić information content (AvgIpc) is 2.99. The van der Waals surface area contributed by atoms with E-state index in [-0.39, 0.29) is 11.7 Å². The van der Waals surface area contributed by atoms with Gasteiger partial charge in [0.25, 0.3) is 5.69 Å². The molecule has 7 heteroatoms. The van der Waals surface area contributed by atoms with Crippen LogP contribution in [0.25, 0.3) is 0 Å². The third-order valence-corrected chi connectivity index (χ3v) is 3.73. The topological polar surface area (TPSA) is 81.9 Å². The molecular weight excluding hydrogens is 312 g/mol. The quantitative estimate of drug-likeness (QED) is 0.486. The Kier molecular flexibility index (Phi) is 4.43. The van der Waals surface area contributed by atoms with Crippen molar-refractivity contribution in [2.45, 2.75) is 25.7 Å². The van der Waals surface area contributed by atoms with Gasteiger partial charge in [0, 0.05) is 25.5 Å². The number of carbonyl (C=O) groups is 1. The number of hydroxylamine groups is 1. The van der Waals surface area contributed by atoms with Crippen molar-refractivity contribution in [3.05, 3.63) is 70.3 Å². The van der Waals surface area contributed by atoms with Crippen LogP contribution in [-0.2, 0) is 14.4 Å². The molecule has 2 aromatic rings. The molecule has 0 spiro atoms. The molecule has 0 saturated carbocycles. The number of nitro groups is 1. The van der Waals surface area contributed by atoms with E-state index >= 15 is 0 Å². The summed E-state index contributed by atoms with van der Waals surface area (Å²) < 4.78 is 5.17. The standard InChI is InChI=1S/C17H16N2O5/c1-12(20)23-17-11-16(13-7-9-15(10-8-13)19(21)22)18(24-17)14-5-3-2-4-6-14/h2-10,16-17H,11H2,1H3/t16-,17+/m0/s1. The summed E-state index contributed by atoms with van der Waals surface area (Å²) in [5.41, 5.74) is 1.69. The van der Waals surface area contributed by atoms with Crippen LogP contribution in [0.5, 0.6) is 0 Å². The molecule has 0 aliphatic carbocycles. The van der Waals surface area contributed by atoms with E-state index in [4.69, 9.17) is 9.57 Å². The molecule has 3 rings (SSSR count). The first-order valence-electron chi connectivity index (χ1n) is 7.47. The number of nitro benzene ring substituents is 1. The van der Waals surface area contributed by atoms with Gasteiger partial charge in [-0.1, -0.05) is 30.3 Å². The molecule has 0 radical (unpaired) electrons. The average molecular weight is 328 g/mol. The summed E-state index contributed by atoms with van der Waals surface area (Å²) in [4.78, 5) is 27.3. The van der Waals surface area contributed by atoms with Gasteiger partial charge in [-0.2, -0.15) is 0 Å². The van der Waals surface area contributed by atoms with E-state index in [2.05, 4.69) is 0 Å². The summed E-state index contributed by atoms with van der Waals surface area (Å²) in [6.45, 7) is 1.33. The fourth-order valence-electron chi connectivity index (χ4n) is 2.68. The third kappa shape index (κ3) is 3.36. The Balaban J connectivity index is 1.89. The van der Waals surface area contributed by atoms with Crippen LogP contribution in [0.3, 0.4) is 0 Å². The van der Waals surface area contributed by atoms with Crippen molar-refractivity contribution in [1.82, 2.24) is 0 Å². The number of non-ortho nitro benzene ring substituents is 1. The Hall–Kier alpha value is -2.93. The number of carbonyl (C=O) groups excluding carboxylic acids is 1. The molecule has 2 atom stereocenters. The van der Waals surface area contributed by atoms with Gasteiger partial charge in [0.05, 0.1) is 16.7 Å². The van der Waals surface area contributed by atoms with Crippen LogP contribution in [-0.4, -0.2) is 17.2 Å². The maximum absolute atomic E-state index is 11.2. The predicted molar refractivity (Wildman–Crippen MR) is 86.0 cm³/mol. The Morgan fingerprint density at radius 2 is 1.88 bits per heavy atom. The molecule has 124 valence electrons. The number of esters is 1. The van der Waals surface area contributed by atoms with Crippen molar-refractivity contribution in [2.75, 3.05) is 5.06 Å². The molecule has 24 heavy (non-hydrogen) atoms. The largest absolute Gasteiger partial charge is 0.434 e. The highest BCUT2D eigenvalue weighted by Gasteiger charge is 2.36. The molecule has 2 aromatic carbocycles. The lowest BCUT2D eigenvalue weighted by Crippen LogP contribution is -2.23. The monoisotopic (exact) mass is 328 g/mol. The Morgan fingerprint density at radius 1 is 1.21 bits per heavy atom. The Bertz CT molecular complexity index is 732. The highest BCUT2D eigenvalue weighted by Crippen LogP contribution is 2.38. The minimum absolute atomic E-state index is 0.0282. The first-order chi connectivity index (χ1) is 11.5. The zero-order chi connectivity index (χ0) is 17.1. The second kappa shape index (κ2) is 6.67. The number of rotatable bonds is 4. The number of nitrogens with zero attached hydrogens (tertiary/aromatic N) is 2. The van der Waals surface area contributed by atoms with E-state index in [0.29, 0.717) is 6.42 Å². The van der Waals surface area contributed by atoms with Crippen molar-refractivity contribution in [3.8, 4) is 0 Å². The van der Waals surface area contributed by atoms with E-state index in [1.165, 1.54) is 19.1 Å². The van der Waals surface area contributed by atoms with Gasteiger partial charge in [-0.05, 0) is 17.7 Å². The van der Waals surface area contributed by atoms with Crippen molar-refractivity contribution in [2.24, 2.45) is 0 Å². The van der Waals surface area contributed by atoms with Gasteiger partial charge in [-0.25, -0.2) is 9.90 Å². The van der Waals surface area contributed by atoms with Crippen LogP contribution < -0.4 is 5.06 Å². The summed E-state index contributed by atoms with van der Waals surface area (Å²) in [5.74, 6) is -0.419. The van der Waals surface area contributed by atoms with Crippen LogP contribution >= 0.6 is 0 Å². The normalized spacial score (nSPS) is 20.0. The number of anilines is 1. The number of benzene rings is 2. The van der Waals surface area contributed by atoms with Crippen molar-refractivity contribution < 1.29 is 19.3 Å². The second-order valence-corrected chi connectivity index (χ2v) is 5.41. The smallest absolute Gasteiger partial charge is 0.305 e. The molecule has 0 aromatic heterocycles. The van der Waals surface area contributed by atoms with E-state index < -0.39 is 17.2 Å². The maximum Gasteiger partial charge on any atom is 0.305 e. The van der Waals surface area contributed by atoms with Crippen LogP contribution in [0.15, 0.2) is 54.6 Å². The van der Waals surface area contributed by atoms with Gasteiger partial charge < -0.3 is 4.74 Å². The first-order valence-corrected chi connectivity index (χ1v) is 7.47. The van der Waals surface area contributed by atoms with Gasteiger partial charge in [-0.15, -0.1) is 0 Å². The summed E-state index contributed by atoms with van der Waals surface area (Å²) >= 11 is 0. The number of hydrogen-bond donors (Lipinski definition) is 0. The van der Waals surface area contributed by atoms with Crippen LogP contribution in [0.2, 0.25) is 0 Å². The van der Waals surface area contributed by atoms with Crippen LogP contribution in [0.4, 0.5) is 11.4 Å². The van der Waals surface area contributed by atoms with Gasteiger partial charge >= 0.3 is 5.97 Å². The molecule has 1 aliphatic heterocycles. The van der Waals surface area contributed by atoms with E-state index in [9.17, 15) is 14.9 Å². The van der Waals surface area contributed by atoms with E-state index in [1.54, 1.807) is 17.2 Å². The molecule has 0 amide bonds. The zero-order valence-electron chi connectivity index (χ0n) is 13.0. The molecule has 0 bridgehead atoms. The van der Waals surface area contributed by atoms with Gasteiger partial charge in [0.2, 0.25) is 6.29 Å². The van der Waals surface area contributed by atoms with Crippen LogP contribution in [0, 0.1) is 10.1 Å². The SMILES string of the molecule is CC(=O)O[C@H]1C[C@@H](c2ccc([N+](=O)[O-])cc2)N(c2ccccc2)O1. The van der Waals surface area contributed by atoms with Gasteiger partial charge in [-0.3, -0.25) is 14.9 Å². The molecule has 7 nitrogen and oxygen atoms in total.